The van der Waals surface area contributed by atoms with E-state index < -0.39 is 11.5 Å². The second-order valence-electron chi connectivity index (χ2n) is 5.17. The van der Waals surface area contributed by atoms with Gasteiger partial charge in [-0.3, -0.25) is 9.59 Å². The zero-order chi connectivity index (χ0) is 14.5. The first kappa shape index (κ1) is 15.9. The van der Waals surface area contributed by atoms with Gasteiger partial charge in [0.15, 0.2) is 0 Å². The molecule has 0 aliphatic carbocycles. The summed E-state index contributed by atoms with van der Waals surface area (Å²) < 4.78 is 5.34. The minimum Gasteiger partial charge on any atom is -0.369 e. The summed E-state index contributed by atoms with van der Waals surface area (Å²) in [5.41, 5.74) is 4.39. The monoisotopic (exact) mass is 271 g/mol. The predicted octanol–water partition coefficient (Wildman–Crippen LogP) is -0.133. The quantitative estimate of drug-likeness (QED) is 0.704. The number of nitrogens with zero attached hydrogens (tertiary/aromatic N) is 1. The normalized spacial score (nSPS) is 19.7. The Morgan fingerprint density at radius 1 is 1.42 bits per heavy atom. The van der Waals surface area contributed by atoms with Crippen molar-refractivity contribution in [1.29, 1.82) is 0 Å². The number of hydrogen-bond acceptors (Lipinski definition) is 4. The van der Waals surface area contributed by atoms with Crippen molar-refractivity contribution in [2.75, 3.05) is 26.7 Å². The number of rotatable bonds is 6. The van der Waals surface area contributed by atoms with Crippen LogP contribution in [0.3, 0.4) is 0 Å². The van der Waals surface area contributed by atoms with E-state index in [2.05, 4.69) is 5.32 Å². The van der Waals surface area contributed by atoms with Crippen molar-refractivity contribution in [3.63, 3.8) is 0 Å². The molecule has 0 radical (unpaired) electrons. The van der Waals surface area contributed by atoms with Gasteiger partial charge >= 0.3 is 0 Å². The van der Waals surface area contributed by atoms with Crippen LogP contribution in [0.2, 0.25) is 0 Å². The minimum atomic E-state index is -0.889. The van der Waals surface area contributed by atoms with Gasteiger partial charge in [-0.1, -0.05) is 6.92 Å². The molecular weight excluding hydrogens is 246 g/mol. The highest BCUT2D eigenvalue weighted by atomic mass is 16.5. The first-order chi connectivity index (χ1) is 8.94. The van der Waals surface area contributed by atoms with E-state index >= 15 is 0 Å². The Morgan fingerprint density at radius 2 is 2.00 bits per heavy atom. The number of nitrogens with one attached hydrogen (secondary N) is 1. The highest BCUT2D eigenvalue weighted by Gasteiger charge is 2.38. The average molecular weight is 271 g/mol. The molecule has 19 heavy (non-hydrogen) atoms. The average Bonchev–Trinajstić information content (AvgIpc) is 2.44. The van der Waals surface area contributed by atoms with Gasteiger partial charge in [-0.15, -0.1) is 0 Å². The lowest BCUT2D eigenvalue weighted by atomic mass is 9.97. The van der Waals surface area contributed by atoms with E-state index in [1.807, 2.05) is 6.92 Å². The summed E-state index contributed by atoms with van der Waals surface area (Å²) in [6.45, 7) is 5.31. The van der Waals surface area contributed by atoms with E-state index in [4.69, 9.17) is 10.5 Å². The molecule has 1 aliphatic heterocycles. The number of primary amides is 1. The van der Waals surface area contributed by atoms with Crippen molar-refractivity contribution in [2.24, 2.45) is 5.73 Å². The Kier molecular flexibility index (Phi) is 5.75. The summed E-state index contributed by atoms with van der Waals surface area (Å²) in [6, 6.07) is 0.0577. The molecule has 6 heteroatoms. The van der Waals surface area contributed by atoms with Crippen LogP contribution < -0.4 is 11.1 Å². The van der Waals surface area contributed by atoms with Crippen LogP contribution in [0.25, 0.3) is 0 Å². The fraction of sp³-hybridized carbons (Fsp3) is 0.846. The van der Waals surface area contributed by atoms with Crippen LogP contribution in [0.4, 0.5) is 0 Å². The summed E-state index contributed by atoms with van der Waals surface area (Å²) in [5, 5.41) is 3.24. The van der Waals surface area contributed by atoms with Crippen LogP contribution in [0.1, 0.15) is 33.1 Å². The van der Waals surface area contributed by atoms with Gasteiger partial charge in [0.2, 0.25) is 5.91 Å². The second kappa shape index (κ2) is 6.86. The number of carbonyl (C=O) groups excluding carboxylic acids is 2. The van der Waals surface area contributed by atoms with E-state index in [1.165, 1.54) is 7.11 Å². The van der Waals surface area contributed by atoms with Crippen molar-refractivity contribution in [1.82, 2.24) is 10.2 Å². The number of carbonyl (C=O) groups is 2. The molecule has 110 valence electrons. The Morgan fingerprint density at radius 3 is 2.42 bits per heavy atom. The Balaban J connectivity index is 2.88. The Labute approximate surface area is 114 Å². The van der Waals surface area contributed by atoms with Crippen molar-refractivity contribution < 1.29 is 14.3 Å². The van der Waals surface area contributed by atoms with E-state index in [9.17, 15) is 9.59 Å². The molecule has 1 fully saturated rings. The lowest BCUT2D eigenvalue weighted by molar-refractivity contribution is -0.158. The molecule has 0 spiro atoms. The molecule has 0 bridgehead atoms. The maximum Gasteiger partial charge on any atom is 0.255 e. The van der Waals surface area contributed by atoms with Crippen LogP contribution in [-0.4, -0.2) is 55.1 Å². The molecule has 2 amide bonds. The first-order valence-electron chi connectivity index (χ1n) is 6.80. The van der Waals surface area contributed by atoms with Gasteiger partial charge in [0.1, 0.15) is 5.60 Å². The molecule has 3 N–H and O–H groups in total. The molecule has 0 saturated carbocycles. The molecule has 0 aromatic heterocycles. The molecule has 0 aromatic carbocycles. The zero-order valence-electron chi connectivity index (χ0n) is 12.1. The van der Waals surface area contributed by atoms with Gasteiger partial charge in [-0.2, -0.15) is 0 Å². The van der Waals surface area contributed by atoms with Gasteiger partial charge in [0.25, 0.3) is 5.91 Å². The van der Waals surface area contributed by atoms with Crippen molar-refractivity contribution >= 4 is 11.8 Å². The number of amides is 2. The fourth-order valence-corrected chi connectivity index (χ4v) is 2.34. The van der Waals surface area contributed by atoms with Gasteiger partial charge < -0.3 is 20.7 Å². The molecule has 6 nitrogen and oxygen atoms in total. The third-order valence-corrected chi connectivity index (χ3v) is 3.91. The number of piperidine rings is 1. The standard InChI is InChI=1S/C13H25N3O3/c1-4-13(2,19-3)12(18)16(9-11(14)17)10-5-7-15-8-6-10/h10,15H,4-9H2,1-3H3,(H2,14,17). The number of ether oxygens (including phenoxy) is 1. The number of methoxy groups -OCH3 is 1. The molecular formula is C13H25N3O3. The van der Waals surface area contributed by atoms with Crippen molar-refractivity contribution in [2.45, 2.75) is 44.8 Å². The Hall–Kier alpha value is -1.14. The van der Waals surface area contributed by atoms with Crippen LogP contribution in [-0.2, 0) is 14.3 Å². The van der Waals surface area contributed by atoms with E-state index in [0.717, 1.165) is 25.9 Å². The molecule has 1 unspecified atom stereocenters. The van der Waals surface area contributed by atoms with Gasteiger partial charge in [0.05, 0.1) is 6.54 Å². The summed E-state index contributed by atoms with van der Waals surface area (Å²) in [6.07, 6.45) is 2.23. The van der Waals surface area contributed by atoms with E-state index in [1.54, 1.807) is 11.8 Å². The summed E-state index contributed by atoms with van der Waals surface area (Å²) in [4.78, 5) is 25.5. The zero-order valence-corrected chi connectivity index (χ0v) is 12.1. The molecule has 1 atom stereocenters. The highest BCUT2D eigenvalue weighted by molar-refractivity contribution is 5.89. The first-order valence-corrected chi connectivity index (χ1v) is 6.80. The van der Waals surface area contributed by atoms with Crippen LogP contribution in [0.15, 0.2) is 0 Å². The summed E-state index contributed by atoms with van der Waals surface area (Å²) in [5.74, 6) is -0.635. The summed E-state index contributed by atoms with van der Waals surface area (Å²) >= 11 is 0. The van der Waals surface area contributed by atoms with Crippen LogP contribution >= 0.6 is 0 Å². The van der Waals surface area contributed by atoms with E-state index in [-0.39, 0.29) is 18.5 Å². The SMILES string of the molecule is CCC(C)(OC)C(=O)N(CC(N)=O)C1CCNCC1. The van der Waals surface area contributed by atoms with Crippen molar-refractivity contribution in [3.8, 4) is 0 Å². The lowest BCUT2D eigenvalue weighted by Crippen LogP contribution is -2.56. The van der Waals surface area contributed by atoms with Gasteiger partial charge in [0, 0.05) is 13.2 Å². The molecule has 1 heterocycles. The van der Waals surface area contributed by atoms with Gasteiger partial charge in [-0.05, 0) is 39.3 Å². The largest absolute Gasteiger partial charge is 0.369 e. The predicted molar refractivity (Wildman–Crippen MR) is 72.5 cm³/mol. The van der Waals surface area contributed by atoms with E-state index in [0.29, 0.717) is 6.42 Å². The topological polar surface area (TPSA) is 84.7 Å². The third kappa shape index (κ3) is 3.91. The highest BCUT2D eigenvalue weighted by Crippen LogP contribution is 2.22. The smallest absolute Gasteiger partial charge is 0.255 e. The molecule has 1 aliphatic rings. The third-order valence-electron chi connectivity index (χ3n) is 3.91. The minimum absolute atomic E-state index is 0.0392. The lowest BCUT2D eigenvalue weighted by Gasteiger charge is -2.39. The molecule has 1 rings (SSSR count). The summed E-state index contributed by atoms with van der Waals surface area (Å²) in [7, 11) is 1.52. The number of nitrogens with two attached hydrogens (primary N) is 1. The Bertz CT molecular complexity index is 323. The second-order valence-corrected chi connectivity index (χ2v) is 5.17. The maximum atomic E-state index is 12.6. The maximum absolute atomic E-state index is 12.6. The molecule has 0 aromatic rings. The number of hydrogen-bond donors (Lipinski definition) is 2. The molecule has 1 saturated heterocycles. The van der Waals surface area contributed by atoms with Crippen LogP contribution in [0, 0.1) is 0 Å². The van der Waals surface area contributed by atoms with Crippen molar-refractivity contribution in [3.05, 3.63) is 0 Å². The van der Waals surface area contributed by atoms with Crippen LogP contribution in [0.5, 0.6) is 0 Å². The fourth-order valence-electron chi connectivity index (χ4n) is 2.34. The van der Waals surface area contributed by atoms with Gasteiger partial charge in [-0.25, -0.2) is 0 Å².